The van der Waals surface area contributed by atoms with Gasteiger partial charge < -0.3 is 5.73 Å². The molecule has 12 heavy (non-hydrogen) atoms. The Labute approximate surface area is 74.7 Å². The second kappa shape index (κ2) is 2.47. The van der Waals surface area contributed by atoms with Gasteiger partial charge in [-0.25, -0.2) is 0 Å². The van der Waals surface area contributed by atoms with Crippen LogP contribution in [0.2, 0.25) is 0 Å². The van der Waals surface area contributed by atoms with Crippen molar-refractivity contribution in [3.8, 4) is 0 Å². The Balaban J connectivity index is 1.64. The van der Waals surface area contributed by atoms with Crippen LogP contribution in [0, 0.1) is 23.7 Å². The van der Waals surface area contributed by atoms with Crippen molar-refractivity contribution in [3.63, 3.8) is 0 Å². The lowest BCUT2D eigenvalue weighted by molar-refractivity contribution is 0.404. The van der Waals surface area contributed by atoms with E-state index in [9.17, 15) is 0 Å². The molecule has 3 atom stereocenters. The third-order valence-corrected chi connectivity index (χ3v) is 4.22. The van der Waals surface area contributed by atoms with Crippen LogP contribution in [0.15, 0.2) is 0 Å². The van der Waals surface area contributed by atoms with Crippen molar-refractivity contribution >= 4 is 0 Å². The molecule has 3 rings (SSSR count). The van der Waals surface area contributed by atoms with Crippen LogP contribution in [-0.2, 0) is 0 Å². The van der Waals surface area contributed by atoms with Gasteiger partial charge in [0.15, 0.2) is 0 Å². The van der Waals surface area contributed by atoms with Gasteiger partial charge in [0.1, 0.15) is 0 Å². The van der Waals surface area contributed by atoms with E-state index in [-0.39, 0.29) is 0 Å². The van der Waals surface area contributed by atoms with E-state index in [4.69, 9.17) is 5.73 Å². The van der Waals surface area contributed by atoms with Crippen molar-refractivity contribution in [1.29, 1.82) is 0 Å². The van der Waals surface area contributed by atoms with Gasteiger partial charge in [-0.3, -0.25) is 0 Å². The van der Waals surface area contributed by atoms with Gasteiger partial charge in [0.2, 0.25) is 0 Å². The summed E-state index contributed by atoms with van der Waals surface area (Å²) in [6.07, 6.45) is 8.82. The highest BCUT2D eigenvalue weighted by atomic mass is 14.7. The van der Waals surface area contributed by atoms with E-state index in [0.29, 0.717) is 6.04 Å². The average molecular weight is 165 g/mol. The monoisotopic (exact) mass is 165 g/mol. The Morgan fingerprint density at radius 3 is 2.00 bits per heavy atom. The van der Waals surface area contributed by atoms with Gasteiger partial charge in [-0.1, -0.05) is 0 Å². The maximum atomic E-state index is 6.18. The van der Waals surface area contributed by atoms with Crippen molar-refractivity contribution in [2.45, 2.75) is 44.6 Å². The quantitative estimate of drug-likeness (QED) is 0.666. The van der Waals surface area contributed by atoms with Crippen LogP contribution >= 0.6 is 0 Å². The SMILES string of the molecule is NC1CC(C2CC2)CC1C1CC1. The van der Waals surface area contributed by atoms with Crippen molar-refractivity contribution in [3.05, 3.63) is 0 Å². The van der Waals surface area contributed by atoms with Crippen LogP contribution in [-0.4, -0.2) is 6.04 Å². The summed E-state index contributed by atoms with van der Waals surface area (Å²) in [7, 11) is 0. The Hall–Kier alpha value is -0.0400. The summed E-state index contributed by atoms with van der Waals surface area (Å²) in [6, 6.07) is 0.572. The molecular weight excluding hydrogens is 146 g/mol. The minimum Gasteiger partial charge on any atom is -0.327 e. The van der Waals surface area contributed by atoms with Gasteiger partial charge in [-0.15, -0.1) is 0 Å². The highest BCUT2D eigenvalue weighted by Gasteiger charge is 2.45. The molecule has 0 amide bonds. The predicted molar refractivity (Wildman–Crippen MR) is 49.6 cm³/mol. The first-order valence-electron chi connectivity index (χ1n) is 5.60. The third-order valence-electron chi connectivity index (χ3n) is 4.22. The van der Waals surface area contributed by atoms with Gasteiger partial charge in [0, 0.05) is 6.04 Å². The fourth-order valence-corrected chi connectivity index (χ4v) is 3.16. The van der Waals surface area contributed by atoms with E-state index >= 15 is 0 Å². The topological polar surface area (TPSA) is 26.0 Å². The summed E-state index contributed by atoms with van der Waals surface area (Å²) in [5.74, 6) is 4.10. The molecule has 0 spiro atoms. The molecule has 0 aromatic rings. The Kier molecular flexibility index (Phi) is 1.52. The third kappa shape index (κ3) is 1.19. The van der Waals surface area contributed by atoms with Crippen molar-refractivity contribution in [2.24, 2.45) is 29.4 Å². The maximum Gasteiger partial charge on any atom is 0.00726 e. The highest BCUT2D eigenvalue weighted by Crippen LogP contribution is 2.52. The van der Waals surface area contributed by atoms with Crippen LogP contribution < -0.4 is 5.73 Å². The molecule has 1 nitrogen and oxygen atoms in total. The van der Waals surface area contributed by atoms with E-state index in [1.54, 1.807) is 0 Å². The number of rotatable bonds is 2. The molecule has 0 bridgehead atoms. The summed E-state index contributed by atoms with van der Waals surface area (Å²) in [6.45, 7) is 0. The molecule has 3 fully saturated rings. The number of hydrogen-bond donors (Lipinski definition) is 1. The van der Waals surface area contributed by atoms with Crippen LogP contribution in [0.3, 0.4) is 0 Å². The lowest BCUT2D eigenvalue weighted by atomic mass is 9.96. The van der Waals surface area contributed by atoms with Crippen LogP contribution in [0.1, 0.15) is 38.5 Å². The molecule has 3 unspecified atom stereocenters. The smallest absolute Gasteiger partial charge is 0.00726 e. The molecule has 0 aromatic heterocycles. The van der Waals surface area contributed by atoms with Crippen LogP contribution in [0.25, 0.3) is 0 Å². The molecule has 0 aromatic carbocycles. The lowest BCUT2D eigenvalue weighted by Gasteiger charge is -2.12. The van der Waals surface area contributed by atoms with Crippen molar-refractivity contribution in [2.75, 3.05) is 0 Å². The molecule has 0 saturated heterocycles. The van der Waals surface area contributed by atoms with E-state index in [1.807, 2.05) is 0 Å². The number of nitrogens with two attached hydrogens (primary N) is 1. The summed E-state index contributed by atoms with van der Waals surface area (Å²) in [4.78, 5) is 0. The Morgan fingerprint density at radius 1 is 0.750 bits per heavy atom. The molecule has 0 aliphatic heterocycles. The van der Waals surface area contributed by atoms with E-state index < -0.39 is 0 Å². The summed E-state index contributed by atoms with van der Waals surface area (Å²) >= 11 is 0. The molecule has 3 aliphatic carbocycles. The Bertz CT molecular complexity index is 181. The summed E-state index contributed by atoms with van der Waals surface area (Å²) in [5, 5.41) is 0. The van der Waals surface area contributed by atoms with Gasteiger partial charge in [0.25, 0.3) is 0 Å². The maximum absolute atomic E-state index is 6.18. The summed E-state index contributed by atoms with van der Waals surface area (Å²) < 4.78 is 0. The predicted octanol–water partition coefficient (Wildman–Crippen LogP) is 2.16. The first-order chi connectivity index (χ1) is 5.84. The molecule has 2 N–H and O–H groups in total. The molecule has 0 radical (unpaired) electrons. The van der Waals surface area contributed by atoms with E-state index in [1.165, 1.54) is 38.5 Å². The standard InChI is InChI=1S/C11H19N/c12-11-6-9(7-1-2-7)5-10(11)8-3-4-8/h7-11H,1-6,12H2. The zero-order valence-electron chi connectivity index (χ0n) is 7.71. The molecule has 1 heteroatoms. The fourth-order valence-electron chi connectivity index (χ4n) is 3.16. The second-order valence-corrected chi connectivity index (χ2v) is 5.23. The zero-order chi connectivity index (χ0) is 8.13. The lowest BCUT2D eigenvalue weighted by Crippen LogP contribution is -2.25. The Morgan fingerprint density at radius 2 is 1.42 bits per heavy atom. The van der Waals surface area contributed by atoms with Crippen LogP contribution in [0.5, 0.6) is 0 Å². The second-order valence-electron chi connectivity index (χ2n) is 5.23. The molecule has 0 heterocycles. The van der Waals surface area contributed by atoms with Crippen molar-refractivity contribution in [1.82, 2.24) is 0 Å². The van der Waals surface area contributed by atoms with Gasteiger partial charge in [-0.05, 0) is 62.2 Å². The molecule has 3 aliphatic rings. The van der Waals surface area contributed by atoms with Gasteiger partial charge in [0.05, 0.1) is 0 Å². The zero-order valence-corrected chi connectivity index (χ0v) is 7.71. The van der Waals surface area contributed by atoms with E-state index in [2.05, 4.69) is 0 Å². The largest absolute Gasteiger partial charge is 0.327 e. The first-order valence-corrected chi connectivity index (χ1v) is 5.60. The van der Waals surface area contributed by atoms with Gasteiger partial charge >= 0.3 is 0 Å². The minimum atomic E-state index is 0.572. The average Bonchev–Trinajstić information content (AvgIpc) is 2.93. The first kappa shape index (κ1) is 7.37. The normalized spacial score (nSPS) is 48.2. The minimum absolute atomic E-state index is 0.572. The molecular formula is C11H19N. The molecule has 3 saturated carbocycles. The number of hydrogen-bond acceptors (Lipinski definition) is 1. The summed E-state index contributed by atoms with van der Waals surface area (Å²) in [5.41, 5.74) is 6.18. The molecule has 68 valence electrons. The van der Waals surface area contributed by atoms with E-state index in [0.717, 1.165) is 23.7 Å². The van der Waals surface area contributed by atoms with Crippen LogP contribution in [0.4, 0.5) is 0 Å². The highest BCUT2D eigenvalue weighted by molar-refractivity contribution is 4.98. The van der Waals surface area contributed by atoms with Crippen molar-refractivity contribution < 1.29 is 0 Å². The fraction of sp³-hybridized carbons (Fsp3) is 1.00. The van der Waals surface area contributed by atoms with Gasteiger partial charge in [-0.2, -0.15) is 0 Å².